The largest absolute Gasteiger partial charge is 0.491 e. The number of ether oxygens (including phenoxy) is 3. The van der Waals surface area contributed by atoms with Crippen LogP contribution in [-0.4, -0.2) is 36.2 Å². The third-order valence-electron chi connectivity index (χ3n) is 4.26. The maximum atomic E-state index is 9.40. The van der Waals surface area contributed by atoms with Gasteiger partial charge in [0.25, 0.3) is 0 Å². The number of benzene rings is 1. The van der Waals surface area contributed by atoms with Crippen molar-refractivity contribution in [3.05, 3.63) is 46.1 Å². The Morgan fingerprint density at radius 2 is 2.15 bits per heavy atom. The Morgan fingerprint density at radius 1 is 1.27 bits per heavy atom. The zero-order valence-electron chi connectivity index (χ0n) is 14.9. The molecule has 0 bridgehead atoms. The quantitative estimate of drug-likeness (QED) is 0.677. The molecule has 2 heterocycles. The Bertz CT molecular complexity index is 732. The molecule has 0 saturated carbocycles. The number of aromatic nitrogens is 1. The van der Waals surface area contributed by atoms with E-state index in [0.29, 0.717) is 18.9 Å². The summed E-state index contributed by atoms with van der Waals surface area (Å²) >= 11 is 3.59. The van der Waals surface area contributed by atoms with Crippen molar-refractivity contribution in [3.8, 4) is 17.0 Å². The molecule has 0 radical (unpaired) electrons. The van der Waals surface area contributed by atoms with Gasteiger partial charge in [0.2, 0.25) is 0 Å². The molecule has 1 aliphatic rings. The van der Waals surface area contributed by atoms with Crippen molar-refractivity contribution >= 4 is 15.9 Å². The Morgan fingerprint density at radius 3 is 2.92 bits per heavy atom. The van der Waals surface area contributed by atoms with E-state index in [4.69, 9.17) is 14.2 Å². The molecule has 26 heavy (non-hydrogen) atoms. The first kappa shape index (κ1) is 19.3. The van der Waals surface area contributed by atoms with E-state index in [1.165, 1.54) is 0 Å². The molecule has 1 saturated heterocycles. The molecule has 1 aromatic heterocycles. The minimum Gasteiger partial charge on any atom is -0.491 e. The summed E-state index contributed by atoms with van der Waals surface area (Å²) in [5.74, 6) is 0.761. The molecule has 2 aromatic rings. The molecule has 1 N–H and O–H groups in total. The summed E-state index contributed by atoms with van der Waals surface area (Å²) in [4.78, 5) is 4.53. The summed E-state index contributed by atoms with van der Waals surface area (Å²) < 4.78 is 18.0. The van der Waals surface area contributed by atoms with Crippen LogP contribution < -0.4 is 4.74 Å². The molecule has 1 aliphatic heterocycles. The average Bonchev–Trinajstić information content (AvgIpc) is 2.68. The summed E-state index contributed by atoms with van der Waals surface area (Å²) in [5, 5.41) is 9.40. The van der Waals surface area contributed by atoms with Crippen molar-refractivity contribution in [2.75, 3.05) is 19.8 Å². The molecule has 1 atom stereocenters. The molecule has 3 rings (SSSR count). The van der Waals surface area contributed by atoms with Gasteiger partial charge in [0.1, 0.15) is 12.4 Å². The lowest BCUT2D eigenvalue weighted by molar-refractivity contribution is -0.165. The lowest BCUT2D eigenvalue weighted by Crippen LogP contribution is -2.24. The SMILES string of the molecule is Cc1cc(CO)nc(-c2cccc(OCCOC3CCCCO3)c2)c1Br. The second-order valence-corrected chi connectivity index (χ2v) is 7.09. The first-order chi connectivity index (χ1) is 12.7. The highest BCUT2D eigenvalue weighted by molar-refractivity contribution is 9.10. The molecule has 0 aliphatic carbocycles. The normalized spacial score (nSPS) is 17.3. The summed E-state index contributed by atoms with van der Waals surface area (Å²) in [7, 11) is 0. The van der Waals surface area contributed by atoms with Gasteiger partial charge in [0.15, 0.2) is 6.29 Å². The van der Waals surface area contributed by atoms with Gasteiger partial charge in [0.05, 0.1) is 24.6 Å². The minimum absolute atomic E-state index is 0.0854. The predicted molar refractivity (Wildman–Crippen MR) is 103 cm³/mol. The molecule has 140 valence electrons. The highest BCUT2D eigenvalue weighted by Gasteiger charge is 2.14. The summed E-state index contributed by atoms with van der Waals surface area (Å²) in [6.45, 7) is 3.64. The van der Waals surface area contributed by atoms with Crippen LogP contribution in [0.1, 0.15) is 30.5 Å². The number of halogens is 1. The van der Waals surface area contributed by atoms with Gasteiger partial charge in [-0.2, -0.15) is 0 Å². The van der Waals surface area contributed by atoms with Crippen LogP contribution in [0.3, 0.4) is 0 Å². The smallest absolute Gasteiger partial charge is 0.157 e. The molecule has 6 heteroatoms. The van der Waals surface area contributed by atoms with Crippen LogP contribution in [0, 0.1) is 6.92 Å². The van der Waals surface area contributed by atoms with Crippen molar-refractivity contribution in [1.82, 2.24) is 4.98 Å². The van der Waals surface area contributed by atoms with Crippen LogP contribution in [0.25, 0.3) is 11.3 Å². The number of aliphatic hydroxyl groups is 1. The van der Waals surface area contributed by atoms with Gasteiger partial charge in [-0.25, -0.2) is 4.98 Å². The average molecular weight is 422 g/mol. The molecule has 0 spiro atoms. The molecule has 1 fully saturated rings. The van der Waals surface area contributed by atoms with Gasteiger partial charge in [-0.15, -0.1) is 0 Å². The fourth-order valence-corrected chi connectivity index (χ4v) is 3.34. The third kappa shape index (κ3) is 5.04. The van der Waals surface area contributed by atoms with Gasteiger partial charge < -0.3 is 19.3 Å². The molecular weight excluding hydrogens is 398 g/mol. The maximum Gasteiger partial charge on any atom is 0.157 e. The first-order valence-corrected chi connectivity index (χ1v) is 9.70. The van der Waals surface area contributed by atoms with Crippen molar-refractivity contribution < 1.29 is 19.3 Å². The van der Waals surface area contributed by atoms with Crippen LogP contribution in [-0.2, 0) is 16.1 Å². The maximum absolute atomic E-state index is 9.40. The second kappa shape index (κ2) is 9.46. The standard InChI is InChI=1S/C20H24BrNO4/c1-14-11-16(13-23)22-20(19(14)21)15-5-4-6-17(12-15)24-9-10-26-18-7-2-3-8-25-18/h4-6,11-12,18,23H,2-3,7-10,13H2,1H3. The van der Waals surface area contributed by atoms with Gasteiger partial charge in [-0.05, 0) is 65.9 Å². The van der Waals surface area contributed by atoms with Crippen LogP contribution in [0.4, 0.5) is 0 Å². The highest BCUT2D eigenvalue weighted by atomic mass is 79.9. The summed E-state index contributed by atoms with van der Waals surface area (Å²) in [6, 6.07) is 9.65. The molecule has 0 amide bonds. The second-order valence-electron chi connectivity index (χ2n) is 6.29. The van der Waals surface area contributed by atoms with Crippen LogP contribution >= 0.6 is 15.9 Å². The van der Waals surface area contributed by atoms with Gasteiger partial charge in [-0.1, -0.05) is 12.1 Å². The molecular formula is C20H24BrNO4. The van der Waals surface area contributed by atoms with E-state index < -0.39 is 0 Å². The van der Waals surface area contributed by atoms with E-state index >= 15 is 0 Å². The fraction of sp³-hybridized carbons (Fsp3) is 0.450. The summed E-state index contributed by atoms with van der Waals surface area (Å²) in [6.07, 6.45) is 3.13. The third-order valence-corrected chi connectivity index (χ3v) is 5.26. The number of aliphatic hydroxyl groups excluding tert-OH is 1. The number of hydrogen-bond donors (Lipinski definition) is 1. The van der Waals surface area contributed by atoms with E-state index in [0.717, 1.165) is 52.9 Å². The zero-order valence-corrected chi connectivity index (χ0v) is 16.5. The van der Waals surface area contributed by atoms with Crippen LogP contribution in [0.2, 0.25) is 0 Å². The van der Waals surface area contributed by atoms with E-state index in [9.17, 15) is 5.11 Å². The van der Waals surface area contributed by atoms with E-state index in [1.807, 2.05) is 37.3 Å². The topological polar surface area (TPSA) is 60.8 Å². The number of pyridine rings is 1. The van der Waals surface area contributed by atoms with E-state index in [2.05, 4.69) is 20.9 Å². The van der Waals surface area contributed by atoms with Crippen molar-refractivity contribution in [1.29, 1.82) is 0 Å². The van der Waals surface area contributed by atoms with E-state index in [-0.39, 0.29) is 12.9 Å². The highest BCUT2D eigenvalue weighted by Crippen LogP contribution is 2.31. The van der Waals surface area contributed by atoms with Crippen molar-refractivity contribution in [2.45, 2.75) is 39.1 Å². The van der Waals surface area contributed by atoms with Crippen molar-refractivity contribution in [2.24, 2.45) is 0 Å². The monoisotopic (exact) mass is 421 g/mol. The van der Waals surface area contributed by atoms with Crippen LogP contribution in [0.5, 0.6) is 5.75 Å². The Kier molecular flexibility index (Phi) is 7.02. The van der Waals surface area contributed by atoms with E-state index in [1.54, 1.807) is 0 Å². The van der Waals surface area contributed by atoms with Gasteiger partial charge in [0, 0.05) is 16.6 Å². The van der Waals surface area contributed by atoms with Crippen molar-refractivity contribution in [3.63, 3.8) is 0 Å². The lowest BCUT2D eigenvalue weighted by atomic mass is 10.1. The van der Waals surface area contributed by atoms with Gasteiger partial charge in [-0.3, -0.25) is 0 Å². The van der Waals surface area contributed by atoms with Crippen LogP contribution in [0.15, 0.2) is 34.8 Å². The first-order valence-electron chi connectivity index (χ1n) is 8.90. The Hall–Kier alpha value is -1.47. The molecule has 1 unspecified atom stereocenters. The predicted octanol–water partition coefficient (Wildman–Crippen LogP) is 4.23. The number of hydrogen-bond acceptors (Lipinski definition) is 5. The molecule has 5 nitrogen and oxygen atoms in total. The molecule has 1 aromatic carbocycles. The number of rotatable bonds is 7. The Labute approximate surface area is 162 Å². The zero-order chi connectivity index (χ0) is 18.4. The van der Waals surface area contributed by atoms with Gasteiger partial charge >= 0.3 is 0 Å². The Balaban J connectivity index is 1.62. The lowest BCUT2D eigenvalue weighted by Gasteiger charge is -2.22. The minimum atomic E-state index is -0.0944. The number of nitrogens with zero attached hydrogens (tertiary/aromatic N) is 1. The summed E-state index contributed by atoms with van der Waals surface area (Å²) in [5.41, 5.74) is 3.41. The fourth-order valence-electron chi connectivity index (χ4n) is 2.91. The number of aryl methyl sites for hydroxylation is 1.